The van der Waals surface area contributed by atoms with Crippen molar-refractivity contribution in [2.45, 2.75) is 76.2 Å². The molecule has 2 fully saturated rings. The Morgan fingerprint density at radius 2 is 1.50 bits per heavy atom. The van der Waals surface area contributed by atoms with Crippen LogP contribution < -0.4 is 5.32 Å². The van der Waals surface area contributed by atoms with E-state index in [1.807, 2.05) is 147 Å². The van der Waals surface area contributed by atoms with Crippen LogP contribution in [0.25, 0.3) is 11.1 Å². The van der Waals surface area contributed by atoms with Gasteiger partial charge in [0.25, 0.3) is 5.91 Å². The highest BCUT2D eigenvalue weighted by atomic mass is 16.7. The minimum atomic E-state index is -1.00. The summed E-state index contributed by atoms with van der Waals surface area (Å²) in [5.74, 6) is -0.858. The second kappa shape index (κ2) is 18.7. The van der Waals surface area contributed by atoms with Crippen LogP contribution >= 0.6 is 0 Å². The van der Waals surface area contributed by atoms with Crippen molar-refractivity contribution in [2.75, 3.05) is 13.6 Å². The first kappa shape index (κ1) is 40.5. The topological polar surface area (TPSA) is 138 Å². The van der Waals surface area contributed by atoms with Crippen molar-refractivity contribution >= 4 is 17.9 Å². The minimum absolute atomic E-state index is 0.0452. The second-order valence-electron chi connectivity index (χ2n) is 14.9. The molecular formula is C47H49N3O8. The van der Waals surface area contributed by atoms with Gasteiger partial charge >= 0.3 is 6.09 Å². The number of aliphatic hydroxyl groups is 2. The van der Waals surface area contributed by atoms with Gasteiger partial charge in [0.1, 0.15) is 12.6 Å². The highest BCUT2D eigenvalue weighted by Crippen LogP contribution is 2.39. The lowest BCUT2D eigenvalue weighted by molar-refractivity contribution is -0.253. The van der Waals surface area contributed by atoms with Crippen LogP contribution in [0.4, 0.5) is 4.79 Å². The van der Waals surface area contributed by atoms with Gasteiger partial charge in [-0.15, -0.1) is 0 Å². The number of carbonyl (C=O) groups is 3. The van der Waals surface area contributed by atoms with Gasteiger partial charge in [-0.1, -0.05) is 133 Å². The molecule has 300 valence electrons. The van der Waals surface area contributed by atoms with Crippen LogP contribution in [-0.4, -0.2) is 69.7 Å². The first-order valence-corrected chi connectivity index (χ1v) is 19.6. The predicted octanol–water partition coefficient (Wildman–Crippen LogP) is 7.00. The van der Waals surface area contributed by atoms with Gasteiger partial charge in [-0.2, -0.15) is 0 Å². The van der Waals surface area contributed by atoms with Gasteiger partial charge in [-0.05, 0) is 52.9 Å². The smallest absolute Gasteiger partial charge is 0.408 e. The van der Waals surface area contributed by atoms with E-state index in [4.69, 9.17) is 14.2 Å². The van der Waals surface area contributed by atoms with E-state index in [0.29, 0.717) is 13.0 Å². The zero-order chi connectivity index (χ0) is 40.6. The molecular weight excluding hydrogens is 735 g/mol. The second-order valence-corrected chi connectivity index (χ2v) is 14.9. The van der Waals surface area contributed by atoms with E-state index in [1.165, 1.54) is 4.90 Å². The third-order valence-corrected chi connectivity index (χ3v) is 11.0. The Bertz CT molecular complexity index is 2150. The van der Waals surface area contributed by atoms with Gasteiger partial charge in [-0.25, -0.2) is 4.79 Å². The van der Waals surface area contributed by atoms with E-state index in [-0.39, 0.29) is 50.3 Å². The number of hydrogen-bond donors (Lipinski definition) is 3. The molecule has 2 aliphatic rings. The summed E-state index contributed by atoms with van der Waals surface area (Å²) in [6.45, 7) is 2.61. The van der Waals surface area contributed by atoms with Gasteiger partial charge < -0.3 is 29.7 Å². The van der Waals surface area contributed by atoms with Crippen LogP contribution in [0.3, 0.4) is 0 Å². The zero-order valence-electron chi connectivity index (χ0n) is 32.6. The Kier molecular flexibility index (Phi) is 13.1. The maximum absolute atomic E-state index is 13.4. The molecule has 1 unspecified atom stereocenters. The Morgan fingerprint density at radius 3 is 2.21 bits per heavy atom. The number of nitrogens with one attached hydrogen (secondary N) is 1. The molecule has 0 aliphatic carbocycles. The quantitative estimate of drug-likeness (QED) is 0.102. The van der Waals surface area contributed by atoms with Crippen LogP contribution in [0.5, 0.6) is 0 Å². The molecule has 5 aromatic carbocycles. The fourth-order valence-electron chi connectivity index (χ4n) is 7.49. The Hall–Kier alpha value is -5.69. The Balaban J connectivity index is 1.04. The number of rotatable bonds is 14. The fourth-order valence-corrected chi connectivity index (χ4v) is 7.49. The number of amides is 3. The summed E-state index contributed by atoms with van der Waals surface area (Å²) < 4.78 is 18.5. The number of nitrogens with zero attached hydrogens (tertiary/aromatic N) is 2. The van der Waals surface area contributed by atoms with E-state index in [2.05, 4.69) is 10.2 Å². The van der Waals surface area contributed by atoms with Crippen LogP contribution in [0.1, 0.15) is 71.6 Å². The number of hydrogen-bond acceptors (Lipinski definition) is 9. The highest BCUT2D eigenvalue weighted by molar-refractivity contribution is 6.06. The molecule has 0 saturated carbocycles. The van der Waals surface area contributed by atoms with Crippen LogP contribution in [-0.2, 0) is 43.6 Å². The molecule has 0 radical (unpaired) electrons. The van der Waals surface area contributed by atoms with Crippen molar-refractivity contribution in [1.82, 2.24) is 15.1 Å². The average molecular weight is 784 g/mol. The molecule has 58 heavy (non-hydrogen) atoms. The van der Waals surface area contributed by atoms with E-state index < -0.39 is 30.4 Å². The van der Waals surface area contributed by atoms with Crippen LogP contribution in [0, 0.1) is 0 Å². The lowest BCUT2D eigenvalue weighted by Crippen LogP contribution is -2.43. The van der Waals surface area contributed by atoms with E-state index in [1.54, 1.807) is 0 Å². The maximum Gasteiger partial charge on any atom is 0.408 e. The number of carbonyl (C=O) groups excluding carboxylic acids is 3. The van der Waals surface area contributed by atoms with Gasteiger partial charge in [0, 0.05) is 24.6 Å². The standard InChI is InChI=1S/C47H49N3O8/c1-31(44(53)36-13-7-4-8-14-36)49(2)28-39-25-42(35-19-17-32(29-51)18-20-35)58-46(57-39)37-23-21-34(22-24-37)40-16-10-9-15-38(40)27-50-43(52)26-41(45(50)54)48-47(55)56-30-33-11-5-3-6-12-33/h3-24,31,39,41-42,44,46,51,53H,25-30H2,1-2H3,(H,48,55)/t31-,39+,41?,42-,44-,46-/m1/s1. The predicted molar refractivity (Wildman–Crippen MR) is 218 cm³/mol. The monoisotopic (exact) mass is 783 g/mol. The van der Waals surface area contributed by atoms with E-state index >= 15 is 0 Å². The Morgan fingerprint density at radius 1 is 0.845 bits per heavy atom. The first-order valence-electron chi connectivity index (χ1n) is 19.6. The molecule has 5 aromatic rings. The normalized spacial score (nSPS) is 20.5. The van der Waals surface area contributed by atoms with Crippen molar-refractivity contribution < 1.29 is 38.8 Å². The number of aliphatic hydroxyl groups excluding tert-OH is 2. The largest absolute Gasteiger partial charge is 0.445 e. The molecule has 6 atom stereocenters. The molecule has 2 heterocycles. The molecule has 0 aromatic heterocycles. The molecule has 11 nitrogen and oxygen atoms in total. The van der Waals surface area contributed by atoms with Crippen LogP contribution in [0.2, 0.25) is 0 Å². The molecule has 3 amide bonds. The SMILES string of the molecule is C[C@H]([C@@H](O)c1ccccc1)N(C)C[C@@H]1C[C@H](c2ccc(CO)cc2)O[C@H](c2ccc(-c3ccccc3CN3C(=O)CC(NC(=O)OCc4ccccc4)C3=O)cc2)O1. The molecule has 2 saturated heterocycles. The zero-order valence-corrected chi connectivity index (χ0v) is 32.6. The van der Waals surface area contributed by atoms with Gasteiger partial charge in [0.2, 0.25) is 5.91 Å². The first-order chi connectivity index (χ1) is 28.2. The number of likely N-dealkylation sites (tertiary alicyclic amines) is 1. The third kappa shape index (κ3) is 9.70. The molecule has 2 aliphatic heterocycles. The van der Waals surface area contributed by atoms with E-state index in [0.717, 1.165) is 44.5 Å². The number of alkyl carbamates (subject to hydrolysis) is 1. The summed E-state index contributed by atoms with van der Waals surface area (Å²) in [7, 11) is 1.99. The van der Waals surface area contributed by atoms with Crippen molar-refractivity contribution in [3.05, 3.63) is 167 Å². The number of likely N-dealkylation sites (N-methyl/N-ethyl adjacent to an activating group) is 1. The number of ether oxygens (including phenoxy) is 3. The summed E-state index contributed by atoms with van der Waals surface area (Å²) in [5, 5.41) is 23.3. The van der Waals surface area contributed by atoms with Crippen molar-refractivity contribution in [3.8, 4) is 11.1 Å². The van der Waals surface area contributed by atoms with Crippen molar-refractivity contribution in [1.29, 1.82) is 0 Å². The molecule has 0 bridgehead atoms. The van der Waals surface area contributed by atoms with E-state index in [9.17, 15) is 24.6 Å². The molecule has 0 spiro atoms. The molecule has 7 rings (SSSR count). The fraction of sp³-hybridized carbons (Fsp3) is 0.298. The highest BCUT2D eigenvalue weighted by Gasteiger charge is 2.40. The van der Waals surface area contributed by atoms with Gasteiger partial charge in [0.15, 0.2) is 6.29 Å². The summed E-state index contributed by atoms with van der Waals surface area (Å²) in [5.41, 5.74) is 6.79. The van der Waals surface area contributed by atoms with Crippen LogP contribution in [0.15, 0.2) is 133 Å². The van der Waals surface area contributed by atoms with Crippen molar-refractivity contribution in [3.63, 3.8) is 0 Å². The lowest BCUT2D eigenvalue weighted by Gasteiger charge is -2.39. The van der Waals surface area contributed by atoms with Gasteiger partial charge in [0.05, 0.1) is 37.9 Å². The third-order valence-electron chi connectivity index (χ3n) is 11.0. The molecule has 11 heteroatoms. The summed E-state index contributed by atoms with van der Waals surface area (Å²) >= 11 is 0. The minimum Gasteiger partial charge on any atom is -0.445 e. The number of benzene rings is 5. The lowest BCUT2D eigenvalue weighted by atomic mass is 9.97. The summed E-state index contributed by atoms with van der Waals surface area (Å²) in [6, 6.07) is 40.9. The average Bonchev–Trinajstić information content (AvgIpc) is 3.52. The summed E-state index contributed by atoms with van der Waals surface area (Å²) in [4.78, 5) is 42.2. The number of imide groups is 1. The maximum atomic E-state index is 13.4. The van der Waals surface area contributed by atoms with Gasteiger partial charge in [-0.3, -0.25) is 19.4 Å². The summed E-state index contributed by atoms with van der Waals surface area (Å²) in [6.07, 6.45) is -2.17. The molecule has 3 N–H and O–H groups in total. The Labute approximate surface area is 338 Å². The van der Waals surface area contributed by atoms with Crippen molar-refractivity contribution in [2.24, 2.45) is 0 Å².